The highest BCUT2D eigenvalue weighted by molar-refractivity contribution is 5.87. The van der Waals surface area contributed by atoms with Crippen molar-refractivity contribution in [1.82, 2.24) is 4.98 Å². The number of carboxylic acid groups (broad SMARTS) is 1. The van der Waals surface area contributed by atoms with Crippen molar-refractivity contribution in [3.8, 4) is 0 Å². The van der Waals surface area contributed by atoms with Crippen molar-refractivity contribution in [3.63, 3.8) is 0 Å². The van der Waals surface area contributed by atoms with Crippen LogP contribution in [0.5, 0.6) is 0 Å². The molecule has 0 atom stereocenters. The predicted molar refractivity (Wildman–Crippen MR) is 48.0 cm³/mol. The minimum atomic E-state index is -0.958. The third-order valence-corrected chi connectivity index (χ3v) is 1.27. The van der Waals surface area contributed by atoms with Gasteiger partial charge in [0.15, 0.2) is 0 Å². The number of anilines is 1. The first-order valence-corrected chi connectivity index (χ1v) is 3.11. The molecule has 0 saturated carbocycles. The molecule has 0 radical (unpaired) electrons. The van der Waals surface area contributed by atoms with Crippen LogP contribution in [0.25, 0.3) is 0 Å². The lowest BCUT2D eigenvalue weighted by Gasteiger charge is -1.97. The van der Waals surface area contributed by atoms with Crippen LogP contribution in [0.4, 0.5) is 5.82 Å². The quantitative estimate of drug-likeness (QED) is 0.733. The second-order valence-electron chi connectivity index (χ2n) is 1.99. The first kappa shape index (κ1) is 10.7. The summed E-state index contributed by atoms with van der Waals surface area (Å²) in [6.45, 7) is 0. The number of nitrogens with one attached hydrogen (secondary N) is 1. The summed E-state index contributed by atoms with van der Waals surface area (Å²) in [5, 5.41) is 11.3. The molecular formula is C7H9ClN2O2. The summed E-state index contributed by atoms with van der Waals surface area (Å²) in [5.74, 6) is -0.296. The highest BCUT2D eigenvalue weighted by Crippen LogP contribution is 2.02. The van der Waals surface area contributed by atoms with Crippen molar-refractivity contribution >= 4 is 24.2 Å². The zero-order valence-electron chi connectivity index (χ0n) is 6.44. The number of nitrogens with zero attached hydrogens (tertiary/aromatic N) is 1. The smallest absolute Gasteiger partial charge is 0.337 e. The van der Waals surface area contributed by atoms with Crippen LogP contribution in [0.3, 0.4) is 0 Å². The van der Waals surface area contributed by atoms with Gasteiger partial charge in [-0.3, -0.25) is 0 Å². The van der Waals surface area contributed by atoms with E-state index in [-0.39, 0.29) is 18.0 Å². The lowest BCUT2D eigenvalue weighted by Crippen LogP contribution is -1.98. The van der Waals surface area contributed by atoms with Crippen LogP contribution < -0.4 is 5.32 Å². The highest BCUT2D eigenvalue weighted by atomic mass is 35.5. The Balaban J connectivity index is 0.00000121. The zero-order valence-corrected chi connectivity index (χ0v) is 7.26. The fourth-order valence-corrected chi connectivity index (χ4v) is 0.668. The topological polar surface area (TPSA) is 62.2 Å². The standard InChI is InChI=1S/C7H8N2O2.ClH/c1-8-6-3-2-5(4-9-6)7(10)11;/h2-4H,1H3,(H,8,9)(H,10,11);1H. The van der Waals surface area contributed by atoms with Gasteiger partial charge in [0.05, 0.1) is 5.56 Å². The fraction of sp³-hybridized carbons (Fsp3) is 0.143. The van der Waals surface area contributed by atoms with Gasteiger partial charge in [0.1, 0.15) is 5.82 Å². The van der Waals surface area contributed by atoms with Gasteiger partial charge in [0.25, 0.3) is 0 Å². The van der Waals surface area contributed by atoms with E-state index in [1.54, 1.807) is 13.1 Å². The van der Waals surface area contributed by atoms with Gasteiger partial charge in [-0.1, -0.05) is 0 Å². The molecule has 0 aromatic carbocycles. The number of aromatic nitrogens is 1. The fourth-order valence-electron chi connectivity index (χ4n) is 0.668. The molecule has 0 saturated heterocycles. The van der Waals surface area contributed by atoms with Crippen LogP contribution in [-0.4, -0.2) is 23.1 Å². The van der Waals surface area contributed by atoms with Crippen molar-refractivity contribution in [1.29, 1.82) is 0 Å². The molecule has 1 heterocycles. The summed E-state index contributed by atoms with van der Waals surface area (Å²) in [4.78, 5) is 14.2. The van der Waals surface area contributed by atoms with Gasteiger partial charge in [0, 0.05) is 13.2 Å². The van der Waals surface area contributed by atoms with E-state index in [4.69, 9.17) is 5.11 Å². The molecule has 0 fully saturated rings. The summed E-state index contributed by atoms with van der Waals surface area (Å²) < 4.78 is 0. The summed E-state index contributed by atoms with van der Waals surface area (Å²) in [6, 6.07) is 3.12. The summed E-state index contributed by atoms with van der Waals surface area (Å²) in [7, 11) is 1.72. The minimum absolute atomic E-state index is 0. The molecule has 0 unspecified atom stereocenters. The molecule has 5 heteroatoms. The Kier molecular flexibility index (Phi) is 4.07. The van der Waals surface area contributed by atoms with Gasteiger partial charge in [-0.15, -0.1) is 12.4 Å². The van der Waals surface area contributed by atoms with E-state index in [1.807, 2.05) is 0 Å². The number of hydrogen-bond donors (Lipinski definition) is 2. The molecule has 0 aliphatic heterocycles. The Labute approximate surface area is 76.0 Å². The number of halogens is 1. The van der Waals surface area contributed by atoms with Gasteiger partial charge < -0.3 is 10.4 Å². The van der Waals surface area contributed by atoms with Gasteiger partial charge in [-0.2, -0.15) is 0 Å². The maximum Gasteiger partial charge on any atom is 0.337 e. The van der Waals surface area contributed by atoms with Crippen molar-refractivity contribution in [2.75, 3.05) is 12.4 Å². The van der Waals surface area contributed by atoms with E-state index in [0.29, 0.717) is 5.82 Å². The van der Waals surface area contributed by atoms with Crippen LogP contribution in [0.15, 0.2) is 18.3 Å². The lowest BCUT2D eigenvalue weighted by atomic mass is 10.3. The molecule has 0 amide bonds. The first-order chi connectivity index (χ1) is 5.24. The maximum absolute atomic E-state index is 10.3. The average molecular weight is 189 g/mol. The average Bonchev–Trinajstić information content (AvgIpc) is 2.05. The Bertz CT molecular complexity index is 261. The SMILES string of the molecule is CNc1ccc(C(=O)O)cn1.Cl. The van der Waals surface area contributed by atoms with Crippen molar-refractivity contribution < 1.29 is 9.90 Å². The van der Waals surface area contributed by atoms with Crippen molar-refractivity contribution in [2.24, 2.45) is 0 Å². The largest absolute Gasteiger partial charge is 0.478 e. The van der Waals surface area contributed by atoms with E-state index >= 15 is 0 Å². The molecule has 12 heavy (non-hydrogen) atoms. The van der Waals surface area contributed by atoms with Gasteiger partial charge >= 0.3 is 5.97 Å². The lowest BCUT2D eigenvalue weighted by molar-refractivity contribution is 0.0696. The predicted octanol–water partition coefficient (Wildman–Crippen LogP) is 1.24. The molecule has 1 rings (SSSR count). The number of rotatable bonds is 2. The monoisotopic (exact) mass is 188 g/mol. The second kappa shape index (κ2) is 4.56. The van der Waals surface area contributed by atoms with E-state index < -0.39 is 5.97 Å². The van der Waals surface area contributed by atoms with Crippen LogP contribution in [0.2, 0.25) is 0 Å². The Morgan fingerprint density at radius 1 is 1.58 bits per heavy atom. The van der Waals surface area contributed by atoms with Crippen molar-refractivity contribution in [3.05, 3.63) is 23.9 Å². The molecule has 1 aromatic heterocycles. The Morgan fingerprint density at radius 2 is 2.25 bits per heavy atom. The summed E-state index contributed by atoms with van der Waals surface area (Å²) in [5.41, 5.74) is 0.198. The molecule has 0 aliphatic rings. The third kappa shape index (κ3) is 2.39. The normalized spacial score (nSPS) is 8.42. The minimum Gasteiger partial charge on any atom is -0.478 e. The number of aromatic carboxylic acids is 1. The molecule has 4 nitrogen and oxygen atoms in total. The molecule has 66 valence electrons. The highest BCUT2D eigenvalue weighted by Gasteiger charge is 2.00. The second-order valence-corrected chi connectivity index (χ2v) is 1.99. The van der Waals surface area contributed by atoms with Crippen LogP contribution >= 0.6 is 12.4 Å². The molecular weight excluding hydrogens is 180 g/mol. The van der Waals surface area contributed by atoms with E-state index in [0.717, 1.165) is 0 Å². The third-order valence-electron chi connectivity index (χ3n) is 1.27. The molecule has 0 bridgehead atoms. The first-order valence-electron chi connectivity index (χ1n) is 3.11. The summed E-state index contributed by atoms with van der Waals surface area (Å²) in [6.07, 6.45) is 1.31. The van der Waals surface area contributed by atoms with Crippen LogP contribution in [0.1, 0.15) is 10.4 Å². The molecule has 0 aliphatic carbocycles. The zero-order chi connectivity index (χ0) is 8.27. The van der Waals surface area contributed by atoms with Gasteiger partial charge in [-0.05, 0) is 12.1 Å². The van der Waals surface area contributed by atoms with E-state index in [9.17, 15) is 4.79 Å². The Hall–Kier alpha value is -1.29. The van der Waals surface area contributed by atoms with Crippen LogP contribution in [0, 0.1) is 0 Å². The Morgan fingerprint density at radius 3 is 2.58 bits per heavy atom. The molecule has 1 aromatic rings. The number of carboxylic acids is 1. The number of pyridine rings is 1. The molecule has 0 spiro atoms. The maximum atomic E-state index is 10.3. The van der Waals surface area contributed by atoms with Gasteiger partial charge in [-0.25, -0.2) is 9.78 Å². The van der Waals surface area contributed by atoms with Crippen LogP contribution in [-0.2, 0) is 0 Å². The molecule has 2 N–H and O–H groups in total. The number of hydrogen-bond acceptors (Lipinski definition) is 3. The van der Waals surface area contributed by atoms with Gasteiger partial charge in [0.2, 0.25) is 0 Å². The number of carbonyl (C=O) groups is 1. The van der Waals surface area contributed by atoms with Crippen molar-refractivity contribution in [2.45, 2.75) is 0 Å². The van der Waals surface area contributed by atoms with E-state index in [1.165, 1.54) is 12.3 Å². The summed E-state index contributed by atoms with van der Waals surface area (Å²) >= 11 is 0. The van der Waals surface area contributed by atoms with E-state index in [2.05, 4.69) is 10.3 Å².